The van der Waals surface area contributed by atoms with E-state index in [2.05, 4.69) is 17.1 Å². The van der Waals surface area contributed by atoms with E-state index in [0.29, 0.717) is 5.54 Å². The number of nitrogens with one attached hydrogen (secondary N) is 1. The number of hydrogen-bond acceptors (Lipinski definition) is 2. The van der Waals surface area contributed by atoms with Crippen LogP contribution in [-0.2, 0) is 0 Å². The summed E-state index contributed by atoms with van der Waals surface area (Å²) in [6.45, 7) is 6.37. The van der Waals surface area contributed by atoms with Crippen LogP contribution in [0.3, 0.4) is 0 Å². The van der Waals surface area contributed by atoms with E-state index in [1.54, 1.807) is 0 Å². The standard InChI is InChI=1S/C15H28N2/c1-13(14-6-7-14)17-11-5-10-16-15(12-17)8-3-2-4-9-15/h13-14,16H,2-12H2,1H3. The minimum atomic E-state index is 0.484. The van der Waals surface area contributed by atoms with Crippen molar-refractivity contribution in [1.29, 1.82) is 0 Å². The molecule has 0 aromatic carbocycles. The summed E-state index contributed by atoms with van der Waals surface area (Å²) in [5.74, 6) is 1.02. The molecule has 3 fully saturated rings. The Kier molecular flexibility index (Phi) is 3.45. The zero-order chi connectivity index (χ0) is 11.7. The average Bonchev–Trinajstić information content (AvgIpc) is 3.17. The van der Waals surface area contributed by atoms with E-state index in [1.807, 2.05) is 0 Å². The van der Waals surface area contributed by atoms with Crippen molar-refractivity contribution in [1.82, 2.24) is 10.2 Å². The lowest BCUT2D eigenvalue weighted by Crippen LogP contribution is -2.54. The molecule has 1 spiro atoms. The molecule has 1 saturated heterocycles. The molecule has 1 aliphatic heterocycles. The minimum absolute atomic E-state index is 0.484. The Morgan fingerprint density at radius 1 is 1.12 bits per heavy atom. The fourth-order valence-electron chi connectivity index (χ4n) is 3.95. The van der Waals surface area contributed by atoms with Gasteiger partial charge in [-0.2, -0.15) is 0 Å². The summed E-state index contributed by atoms with van der Waals surface area (Å²) in [5, 5.41) is 3.90. The van der Waals surface area contributed by atoms with E-state index in [9.17, 15) is 0 Å². The van der Waals surface area contributed by atoms with Crippen LogP contribution in [0.15, 0.2) is 0 Å². The van der Waals surface area contributed by atoms with Gasteiger partial charge in [-0.15, -0.1) is 0 Å². The number of rotatable bonds is 2. The van der Waals surface area contributed by atoms with Crippen LogP contribution in [0.2, 0.25) is 0 Å². The van der Waals surface area contributed by atoms with Gasteiger partial charge >= 0.3 is 0 Å². The highest BCUT2D eigenvalue weighted by molar-refractivity contribution is 4.98. The maximum Gasteiger partial charge on any atom is 0.0308 e. The lowest BCUT2D eigenvalue weighted by atomic mass is 9.81. The first-order valence-corrected chi connectivity index (χ1v) is 7.78. The van der Waals surface area contributed by atoms with Crippen LogP contribution in [0, 0.1) is 5.92 Å². The normalized spacial score (nSPS) is 32.3. The first-order chi connectivity index (χ1) is 8.29. The highest BCUT2D eigenvalue weighted by atomic mass is 15.2. The zero-order valence-electron chi connectivity index (χ0n) is 11.4. The average molecular weight is 236 g/mol. The molecule has 98 valence electrons. The molecule has 2 saturated carbocycles. The largest absolute Gasteiger partial charge is 0.310 e. The molecule has 1 N–H and O–H groups in total. The first kappa shape index (κ1) is 12.0. The first-order valence-electron chi connectivity index (χ1n) is 7.78. The Hall–Kier alpha value is -0.0800. The lowest BCUT2D eigenvalue weighted by molar-refractivity contribution is 0.124. The molecule has 0 aromatic heterocycles. The molecule has 3 rings (SSSR count). The van der Waals surface area contributed by atoms with Crippen LogP contribution in [-0.4, -0.2) is 36.1 Å². The van der Waals surface area contributed by atoms with Crippen molar-refractivity contribution in [3.63, 3.8) is 0 Å². The smallest absolute Gasteiger partial charge is 0.0308 e. The molecule has 0 bridgehead atoms. The molecule has 0 amide bonds. The van der Waals surface area contributed by atoms with Gasteiger partial charge in [0.25, 0.3) is 0 Å². The van der Waals surface area contributed by atoms with Gasteiger partial charge in [-0.25, -0.2) is 0 Å². The molecule has 17 heavy (non-hydrogen) atoms. The van der Waals surface area contributed by atoms with Gasteiger partial charge in [0.05, 0.1) is 0 Å². The fraction of sp³-hybridized carbons (Fsp3) is 1.00. The topological polar surface area (TPSA) is 15.3 Å². The summed E-state index contributed by atoms with van der Waals surface area (Å²) in [6, 6.07) is 0.841. The van der Waals surface area contributed by atoms with Gasteiger partial charge in [-0.3, -0.25) is 4.90 Å². The van der Waals surface area contributed by atoms with Crippen molar-refractivity contribution in [2.45, 2.75) is 69.9 Å². The second-order valence-electron chi connectivity index (χ2n) is 6.67. The van der Waals surface area contributed by atoms with Crippen molar-refractivity contribution >= 4 is 0 Å². The maximum atomic E-state index is 3.90. The van der Waals surface area contributed by atoms with Crippen molar-refractivity contribution < 1.29 is 0 Å². The van der Waals surface area contributed by atoms with Crippen molar-refractivity contribution in [2.24, 2.45) is 5.92 Å². The van der Waals surface area contributed by atoms with E-state index in [0.717, 1.165) is 12.0 Å². The molecule has 1 heterocycles. The highest BCUT2D eigenvalue weighted by Gasteiger charge is 2.39. The van der Waals surface area contributed by atoms with Crippen LogP contribution in [0.25, 0.3) is 0 Å². The minimum Gasteiger partial charge on any atom is -0.310 e. The predicted molar refractivity (Wildman–Crippen MR) is 72.2 cm³/mol. The quantitative estimate of drug-likeness (QED) is 0.793. The van der Waals surface area contributed by atoms with E-state index < -0.39 is 0 Å². The highest BCUT2D eigenvalue weighted by Crippen LogP contribution is 2.37. The second-order valence-corrected chi connectivity index (χ2v) is 6.67. The molecular formula is C15H28N2. The van der Waals surface area contributed by atoms with Gasteiger partial charge in [-0.1, -0.05) is 19.3 Å². The Bertz CT molecular complexity index is 254. The molecule has 1 unspecified atom stereocenters. The Balaban J connectivity index is 1.67. The van der Waals surface area contributed by atoms with Gasteiger partial charge in [0.1, 0.15) is 0 Å². The maximum absolute atomic E-state index is 3.90. The SMILES string of the molecule is CC(C1CC1)N1CCCNC2(CCCCC2)C1. The molecular weight excluding hydrogens is 208 g/mol. The molecule has 2 heteroatoms. The van der Waals surface area contributed by atoms with Crippen LogP contribution in [0.1, 0.15) is 58.3 Å². The van der Waals surface area contributed by atoms with Gasteiger partial charge in [0, 0.05) is 18.1 Å². The van der Waals surface area contributed by atoms with E-state index in [1.165, 1.54) is 71.0 Å². The monoisotopic (exact) mass is 236 g/mol. The summed E-state index contributed by atoms with van der Waals surface area (Å²) in [5.41, 5.74) is 0.484. The van der Waals surface area contributed by atoms with Crippen LogP contribution in [0.5, 0.6) is 0 Å². The summed E-state index contributed by atoms with van der Waals surface area (Å²) < 4.78 is 0. The van der Waals surface area contributed by atoms with Crippen LogP contribution >= 0.6 is 0 Å². The second kappa shape index (κ2) is 4.89. The molecule has 2 nitrogen and oxygen atoms in total. The molecule has 0 aromatic rings. The zero-order valence-corrected chi connectivity index (χ0v) is 11.4. The van der Waals surface area contributed by atoms with E-state index in [-0.39, 0.29) is 0 Å². The molecule has 2 aliphatic carbocycles. The van der Waals surface area contributed by atoms with Gasteiger partial charge in [0.2, 0.25) is 0 Å². The summed E-state index contributed by atoms with van der Waals surface area (Å²) in [7, 11) is 0. The van der Waals surface area contributed by atoms with Crippen LogP contribution in [0.4, 0.5) is 0 Å². The predicted octanol–water partition coefficient (Wildman–Crippen LogP) is 2.78. The number of hydrogen-bond donors (Lipinski definition) is 1. The van der Waals surface area contributed by atoms with Crippen molar-refractivity contribution in [2.75, 3.05) is 19.6 Å². The van der Waals surface area contributed by atoms with E-state index in [4.69, 9.17) is 0 Å². The molecule has 0 radical (unpaired) electrons. The van der Waals surface area contributed by atoms with E-state index >= 15 is 0 Å². The fourth-order valence-corrected chi connectivity index (χ4v) is 3.95. The van der Waals surface area contributed by atoms with Gasteiger partial charge in [-0.05, 0) is 58.0 Å². The van der Waals surface area contributed by atoms with Gasteiger partial charge in [0.15, 0.2) is 0 Å². The third kappa shape index (κ3) is 2.68. The summed E-state index contributed by atoms with van der Waals surface area (Å²) >= 11 is 0. The lowest BCUT2D eigenvalue weighted by Gasteiger charge is -2.41. The summed E-state index contributed by atoms with van der Waals surface area (Å²) in [4.78, 5) is 2.81. The Labute approximate surface area is 106 Å². The van der Waals surface area contributed by atoms with Crippen molar-refractivity contribution in [3.8, 4) is 0 Å². The summed E-state index contributed by atoms with van der Waals surface area (Å²) in [6.07, 6.45) is 11.5. The van der Waals surface area contributed by atoms with Gasteiger partial charge < -0.3 is 5.32 Å². The molecule has 1 atom stereocenters. The third-order valence-electron chi connectivity index (χ3n) is 5.32. The Morgan fingerprint density at radius 2 is 1.88 bits per heavy atom. The third-order valence-corrected chi connectivity index (χ3v) is 5.32. The number of nitrogens with zero attached hydrogens (tertiary/aromatic N) is 1. The Morgan fingerprint density at radius 3 is 2.59 bits per heavy atom. The molecule has 3 aliphatic rings. The van der Waals surface area contributed by atoms with Crippen LogP contribution < -0.4 is 5.32 Å². The van der Waals surface area contributed by atoms with Crippen molar-refractivity contribution in [3.05, 3.63) is 0 Å².